The quantitative estimate of drug-likeness (QED) is 0.0185. The highest BCUT2D eigenvalue weighted by molar-refractivity contribution is 6.00. The summed E-state index contributed by atoms with van der Waals surface area (Å²) in [7, 11) is 0. The van der Waals surface area contributed by atoms with Gasteiger partial charge in [-0.15, -0.1) is 10.2 Å². The van der Waals surface area contributed by atoms with Gasteiger partial charge in [0.1, 0.15) is 65.4 Å². The first-order chi connectivity index (χ1) is 47.8. The van der Waals surface area contributed by atoms with E-state index < -0.39 is 163 Å². The standard InChI is InChI=1S/C68H93FN16O16/c1-8-43-30-46(101-25-12-11-24-70)22-23-47(43)44-20-18-41(19-21-44)29-51(63(96)75-50(59(72)92)17-13-14-42-27-36(2)26-37(3)28-42)78-64(97)53(32-56(90)91)76-60(93)38(4)74-65(98)57(39(5)87)80-67(100)68(7,33-45-15-9-10-16-48(45)69)81-66(99)58(40(6)88)79-55(89)34-73-62(95)52(31-54-82-84-85-83-54)77-61(94)49(71)35-86/h9-10,15-16,18-23,26-28,30,38-40,49-53,57-58,86-88H,8,11-14,17,24-25,29,31-35,70-71H2,1-7H3,(H2,72,92)(H,73,95)(H,74,98)(H,75,96)(H,76,93)(H,77,94)(H,78,97)(H,79,89)(H,80,100)(H,81,99)(H,90,91)(H,82,83,84,85)/t38-,39+,40+,49-,50-,51-,52-,53-,57-,58-,68-/m0/s1. The number of aliphatic carboxylic acids is 1. The van der Waals surface area contributed by atoms with Crippen molar-refractivity contribution in [2.45, 2.75) is 179 Å². The molecule has 0 fully saturated rings. The fourth-order valence-electron chi connectivity index (χ4n) is 10.7. The molecule has 10 amide bonds. The molecule has 548 valence electrons. The largest absolute Gasteiger partial charge is 0.494 e. The van der Waals surface area contributed by atoms with E-state index in [4.69, 9.17) is 21.9 Å². The van der Waals surface area contributed by atoms with Gasteiger partial charge in [-0.2, -0.15) is 5.21 Å². The molecule has 1 heterocycles. The van der Waals surface area contributed by atoms with Gasteiger partial charge in [-0.25, -0.2) is 4.39 Å². The van der Waals surface area contributed by atoms with Crippen LogP contribution in [0.1, 0.15) is 106 Å². The molecule has 11 atom stereocenters. The Morgan fingerprint density at radius 3 is 1.90 bits per heavy atom. The Morgan fingerprint density at radius 1 is 0.673 bits per heavy atom. The number of nitrogens with zero attached hydrogens (tertiary/aromatic N) is 3. The topological polar surface area (TPSA) is 519 Å². The van der Waals surface area contributed by atoms with E-state index in [1.165, 1.54) is 18.2 Å². The summed E-state index contributed by atoms with van der Waals surface area (Å²) < 4.78 is 21.3. The van der Waals surface area contributed by atoms with Crippen LogP contribution in [0.25, 0.3) is 11.1 Å². The monoisotopic (exact) mass is 1410 g/mol. The number of primary amides is 1. The maximum atomic E-state index is 15.4. The molecule has 5 rings (SSSR count). The third-order valence-electron chi connectivity index (χ3n) is 16.2. The number of tetrazole rings is 1. The molecule has 20 N–H and O–H groups in total. The first-order valence-corrected chi connectivity index (χ1v) is 32.9. The van der Waals surface area contributed by atoms with E-state index in [1.807, 2.05) is 69.3 Å². The molecular formula is C68H93FN16O16. The highest BCUT2D eigenvalue weighted by Gasteiger charge is 2.42. The zero-order valence-corrected chi connectivity index (χ0v) is 57.4. The Kier molecular flexibility index (Phi) is 31.8. The van der Waals surface area contributed by atoms with Crippen molar-refractivity contribution in [3.05, 3.63) is 130 Å². The van der Waals surface area contributed by atoms with Crippen molar-refractivity contribution in [2.75, 3.05) is 26.3 Å². The number of carboxylic acids is 1. The molecule has 5 aromatic rings. The Labute approximate surface area is 582 Å². The molecule has 0 unspecified atom stereocenters. The average molecular weight is 1410 g/mol. The Bertz CT molecular complexity index is 3660. The number of H-pyrrole nitrogens is 1. The summed E-state index contributed by atoms with van der Waals surface area (Å²) in [5.74, 6) is -12.7. The minimum atomic E-state index is -2.33. The molecule has 0 bridgehead atoms. The van der Waals surface area contributed by atoms with E-state index in [2.05, 4.69) is 68.5 Å². The van der Waals surface area contributed by atoms with Crippen molar-refractivity contribution in [3.8, 4) is 16.9 Å². The molecular weight excluding hydrogens is 1320 g/mol. The van der Waals surface area contributed by atoms with Crippen LogP contribution in [0.4, 0.5) is 4.39 Å². The fraction of sp³-hybridized carbons (Fsp3) is 0.471. The van der Waals surface area contributed by atoms with Crippen LogP contribution in [-0.4, -0.2) is 198 Å². The third kappa shape index (κ3) is 25.7. The molecule has 0 aliphatic carbocycles. The van der Waals surface area contributed by atoms with Gasteiger partial charge < -0.3 is 90.2 Å². The molecule has 101 heavy (non-hydrogen) atoms. The first-order valence-electron chi connectivity index (χ1n) is 32.9. The van der Waals surface area contributed by atoms with Gasteiger partial charge in [0.05, 0.1) is 38.4 Å². The minimum Gasteiger partial charge on any atom is -0.494 e. The molecule has 1 aromatic heterocycles. The summed E-state index contributed by atoms with van der Waals surface area (Å²) in [6, 6.07) is 10.7. The lowest BCUT2D eigenvalue weighted by molar-refractivity contribution is -0.142. The van der Waals surface area contributed by atoms with Crippen molar-refractivity contribution in [1.29, 1.82) is 0 Å². The van der Waals surface area contributed by atoms with Crippen LogP contribution in [0.2, 0.25) is 0 Å². The number of aryl methyl sites for hydroxylation is 4. The second-order valence-corrected chi connectivity index (χ2v) is 24.9. The molecule has 0 spiro atoms. The van der Waals surface area contributed by atoms with Crippen molar-refractivity contribution >= 4 is 65.0 Å². The number of halogens is 1. The summed E-state index contributed by atoms with van der Waals surface area (Å²) in [6.07, 6.45) is -2.55. The van der Waals surface area contributed by atoms with E-state index >= 15 is 4.39 Å². The number of benzene rings is 4. The summed E-state index contributed by atoms with van der Waals surface area (Å²) in [5, 5.41) is 75.4. The predicted octanol–water partition coefficient (Wildman–Crippen LogP) is -2.20. The first kappa shape index (κ1) is 81.3. The lowest BCUT2D eigenvalue weighted by Gasteiger charge is -2.34. The number of hydrogen-bond acceptors (Lipinski definition) is 20. The normalized spacial score (nSPS) is 14.7. The predicted molar refractivity (Wildman–Crippen MR) is 364 cm³/mol. The smallest absolute Gasteiger partial charge is 0.305 e. The lowest BCUT2D eigenvalue weighted by Crippen LogP contribution is -2.66. The number of hydrogen-bond donors (Lipinski definition) is 17. The second-order valence-electron chi connectivity index (χ2n) is 24.9. The van der Waals surface area contributed by atoms with Gasteiger partial charge in [-0.05, 0) is 138 Å². The Balaban J connectivity index is 1.34. The molecule has 32 nitrogen and oxygen atoms in total. The number of aromatic nitrogens is 4. The van der Waals surface area contributed by atoms with Crippen LogP contribution in [0.3, 0.4) is 0 Å². The van der Waals surface area contributed by atoms with Crippen LogP contribution in [0.5, 0.6) is 5.75 Å². The van der Waals surface area contributed by atoms with Crippen molar-refractivity contribution in [1.82, 2.24) is 68.5 Å². The highest BCUT2D eigenvalue weighted by Crippen LogP contribution is 2.29. The van der Waals surface area contributed by atoms with Crippen molar-refractivity contribution in [3.63, 3.8) is 0 Å². The van der Waals surface area contributed by atoms with Gasteiger partial charge in [-0.1, -0.05) is 90.0 Å². The number of amides is 10. The number of aliphatic hydroxyl groups is 3. The summed E-state index contributed by atoms with van der Waals surface area (Å²) in [5.41, 5.74) is 20.9. The molecule has 0 saturated carbocycles. The molecule has 0 saturated heterocycles. The number of ether oxygens (including phenoxy) is 1. The van der Waals surface area contributed by atoms with E-state index in [0.717, 1.165) is 80.0 Å². The van der Waals surface area contributed by atoms with Crippen LogP contribution in [-0.2, 0) is 84.8 Å². The fourth-order valence-corrected chi connectivity index (χ4v) is 10.7. The van der Waals surface area contributed by atoms with E-state index in [1.54, 1.807) is 12.1 Å². The number of unbranched alkanes of at least 4 members (excludes halogenated alkanes) is 1. The average Bonchev–Trinajstić information content (AvgIpc) is 1.11. The number of carbonyl (C=O) groups excluding carboxylic acids is 10. The summed E-state index contributed by atoms with van der Waals surface area (Å²) in [4.78, 5) is 150. The number of carboxylic acid groups (broad SMARTS) is 1. The van der Waals surface area contributed by atoms with Gasteiger partial charge in [0, 0.05) is 19.3 Å². The Morgan fingerprint density at radius 2 is 1.30 bits per heavy atom. The SMILES string of the molecule is CCc1cc(OCCCCN)ccc1-c1ccc(C[C@H](NC(=O)[C@H](CC(=O)O)NC(=O)[C@H](C)NC(=O)[C@@H](NC(=O)[C@](C)(Cc2ccccc2F)NC(=O)[C@@H](NC(=O)CNC(=O)[C@H](Cc2nn[nH]n2)NC(=O)[C@@H](N)CO)[C@@H](C)O)[C@@H](C)O)C(=O)N[C@@H](CCCc2cc(C)cc(C)c2)C(N)=O)cc1. The van der Waals surface area contributed by atoms with E-state index in [0.29, 0.717) is 43.7 Å². The molecule has 4 aromatic carbocycles. The van der Waals surface area contributed by atoms with Crippen LogP contribution >= 0.6 is 0 Å². The zero-order valence-electron chi connectivity index (χ0n) is 57.4. The number of aromatic amines is 1. The van der Waals surface area contributed by atoms with Gasteiger partial charge in [0.2, 0.25) is 59.1 Å². The second kappa shape index (κ2) is 39.4. The molecule has 33 heteroatoms. The van der Waals surface area contributed by atoms with Crippen molar-refractivity contribution < 1.29 is 82.3 Å². The Hall–Kier alpha value is -10.4. The van der Waals surface area contributed by atoms with E-state index in [-0.39, 0.29) is 30.7 Å². The maximum Gasteiger partial charge on any atom is 0.305 e. The highest BCUT2D eigenvalue weighted by atomic mass is 19.1. The lowest BCUT2D eigenvalue weighted by atomic mass is 9.90. The number of nitrogens with two attached hydrogens (primary N) is 3. The number of carbonyl (C=O) groups is 11. The van der Waals surface area contributed by atoms with Crippen LogP contribution in [0.15, 0.2) is 84.9 Å². The number of nitrogens with one attached hydrogen (secondary N) is 10. The van der Waals surface area contributed by atoms with Crippen LogP contribution in [0, 0.1) is 19.7 Å². The van der Waals surface area contributed by atoms with Gasteiger partial charge in [0.25, 0.3) is 0 Å². The number of aliphatic hydroxyl groups excluding tert-OH is 3. The minimum absolute atomic E-state index is 0.0457. The molecule has 0 radical (unpaired) electrons. The zero-order chi connectivity index (χ0) is 74.7. The van der Waals surface area contributed by atoms with Crippen LogP contribution < -0.4 is 69.8 Å². The maximum absolute atomic E-state index is 15.4. The molecule has 0 aliphatic rings. The van der Waals surface area contributed by atoms with Gasteiger partial charge >= 0.3 is 5.97 Å². The van der Waals surface area contributed by atoms with E-state index in [9.17, 15) is 73.2 Å². The molecule has 0 aliphatic heterocycles. The summed E-state index contributed by atoms with van der Waals surface area (Å²) in [6.45, 7) is 9.65. The number of rotatable bonds is 41. The summed E-state index contributed by atoms with van der Waals surface area (Å²) >= 11 is 0. The van der Waals surface area contributed by atoms with Crippen molar-refractivity contribution in [2.24, 2.45) is 17.2 Å². The van der Waals surface area contributed by atoms with Gasteiger partial charge in [0.15, 0.2) is 5.82 Å². The van der Waals surface area contributed by atoms with Gasteiger partial charge in [-0.3, -0.25) is 52.7 Å². The third-order valence-corrected chi connectivity index (χ3v) is 16.2.